The van der Waals surface area contributed by atoms with Crippen molar-refractivity contribution < 1.29 is 18.8 Å². The number of ether oxygens (including phenoxy) is 1. The van der Waals surface area contributed by atoms with E-state index in [2.05, 4.69) is 39.8 Å². The number of amides is 2. The number of nitrogens with one attached hydrogen (secondary N) is 2. The number of hydrogen-bond donors (Lipinski definition) is 2. The Balaban J connectivity index is 1.65. The highest BCUT2D eigenvalue weighted by molar-refractivity contribution is 5.82. The van der Waals surface area contributed by atoms with Crippen molar-refractivity contribution in [3.8, 4) is 11.4 Å². The van der Waals surface area contributed by atoms with Gasteiger partial charge in [0.05, 0.1) is 6.54 Å². The molecule has 8 heteroatoms. The van der Waals surface area contributed by atoms with Crippen LogP contribution >= 0.6 is 0 Å². The topological polar surface area (TPSA) is 106 Å². The van der Waals surface area contributed by atoms with Gasteiger partial charge in [0.2, 0.25) is 17.6 Å². The molecule has 1 aromatic carbocycles. The summed E-state index contributed by atoms with van der Waals surface area (Å²) in [5, 5.41) is 9.18. The number of aromatic nitrogens is 2. The first kappa shape index (κ1) is 28.3. The van der Waals surface area contributed by atoms with Crippen molar-refractivity contribution in [3.63, 3.8) is 0 Å². The van der Waals surface area contributed by atoms with E-state index in [1.54, 1.807) is 20.8 Å². The third-order valence-electron chi connectivity index (χ3n) is 5.45. The van der Waals surface area contributed by atoms with Crippen LogP contribution in [0.25, 0.3) is 11.4 Å². The van der Waals surface area contributed by atoms with Crippen LogP contribution in [0.4, 0.5) is 4.79 Å². The number of nitrogens with zero attached hydrogens (tertiary/aromatic N) is 2. The molecule has 0 radical (unpaired) electrons. The van der Waals surface area contributed by atoms with Crippen LogP contribution in [0, 0.1) is 0 Å². The van der Waals surface area contributed by atoms with Gasteiger partial charge in [-0.15, -0.1) is 0 Å². The van der Waals surface area contributed by atoms with Crippen LogP contribution in [0.2, 0.25) is 0 Å². The minimum absolute atomic E-state index is 0.157. The van der Waals surface area contributed by atoms with Crippen LogP contribution in [-0.4, -0.2) is 40.8 Å². The maximum absolute atomic E-state index is 11.9. The Kier molecular flexibility index (Phi) is 12.3. The van der Waals surface area contributed by atoms with Crippen molar-refractivity contribution in [2.75, 3.05) is 13.1 Å². The molecule has 1 aromatic heterocycles. The second-order valence-corrected chi connectivity index (χ2v) is 9.89. The third-order valence-corrected chi connectivity index (χ3v) is 5.45. The van der Waals surface area contributed by atoms with E-state index < -0.39 is 11.7 Å². The molecule has 35 heavy (non-hydrogen) atoms. The van der Waals surface area contributed by atoms with Gasteiger partial charge in [0.15, 0.2) is 0 Å². The molecular weight excluding hydrogens is 444 g/mol. The lowest BCUT2D eigenvalue weighted by atomic mass is 10.0. The Morgan fingerprint density at radius 2 is 1.57 bits per heavy atom. The first-order valence-corrected chi connectivity index (χ1v) is 12.9. The van der Waals surface area contributed by atoms with Crippen molar-refractivity contribution in [1.82, 2.24) is 20.8 Å². The summed E-state index contributed by atoms with van der Waals surface area (Å²) in [6.45, 7) is 7.71. The fourth-order valence-corrected chi connectivity index (χ4v) is 3.60. The van der Waals surface area contributed by atoms with Crippen LogP contribution in [0.15, 0.2) is 28.8 Å². The van der Waals surface area contributed by atoms with Gasteiger partial charge in [-0.3, -0.25) is 4.79 Å². The number of rotatable bonds is 15. The predicted octanol–water partition coefficient (Wildman–Crippen LogP) is 5.60. The van der Waals surface area contributed by atoms with Crippen molar-refractivity contribution in [3.05, 3.63) is 35.7 Å². The Morgan fingerprint density at radius 3 is 2.23 bits per heavy atom. The molecule has 0 spiro atoms. The summed E-state index contributed by atoms with van der Waals surface area (Å²) in [4.78, 5) is 27.9. The molecule has 0 bridgehead atoms. The molecule has 1 heterocycles. The molecule has 0 fully saturated rings. The number of carbonyl (C=O) groups excluding carboxylic acids is 2. The van der Waals surface area contributed by atoms with E-state index in [4.69, 9.17) is 9.26 Å². The van der Waals surface area contributed by atoms with Crippen LogP contribution in [0.3, 0.4) is 0 Å². The maximum atomic E-state index is 11.9. The molecule has 2 aromatic rings. The Morgan fingerprint density at radius 1 is 0.914 bits per heavy atom. The zero-order valence-electron chi connectivity index (χ0n) is 21.8. The zero-order valence-corrected chi connectivity index (χ0v) is 21.8. The number of hydrogen-bond acceptors (Lipinski definition) is 6. The maximum Gasteiger partial charge on any atom is 0.408 e. The SMILES string of the molecule is CCCCCCCCCCc1ccc(-c2noc(CCNC(=O)CNC(=O)OC(C)(C)C)n2)cc1. The normalized spacial score (nSPS) is 11.3. The Bertz CT molecular complexity index is 887. The molecule has 2 rings (SSSR count). The fraction of sp³-hybridized carbons (Fsp3) is 0.630. The average Bonchev–Trinajstić information content (AvgIpc) is 3.28. The van der Waals surface area contributed by atoms with E-state index in [0.717, 1.165) is 12.0 Å². The van der Waals surface area contributed by atoms with E-state index in [0.29, 0.717) is 24.7 Å². The number of benzene rings is 1. The third kappa shape index (κ3) is 12.4. The van der Waals surface area contributed by atoms with Crippen LogP contribution < -0.4 is 10.6 Å². The van der Waals surface area contributed by atoms with Crippen LogP contribution in [0.1, 0.15) is 90.5 Å². The standard InChI is InChI=1S/C27H42N4O4/c1-5-6-7-8-9-10-11-12-13-21-14-16-22(17-15-21)25-30-24(35-31-25)18-19-28-23(32)20-29-26(33)34-27(2,3)4/h14-17H,5-13,18-20H2,1-4H3,(H,28,32)(H,29,33). The van der Waals surface area contributed by atoms with Gasteiger partial charge in [0.25, 0.3) is 0 Å². The summed E-state index contributed by atoms with van der Waals surface area (Å²) in [5.74, 6) is 0.669. The Hall–Kier alpha value is -2.90. The minimum atomic E-state index is -0.627. The van der Waals surface area contributed by atoms with E-state index in [9.17, 15) is 9.59 Å². The van der Waals surface area contributed by atoms with Gasteiger partial charge in [0.1, 0.15) is 5.60 Å². The molecular formula is C27H42N4O4. The summed E-state index contributed by atoms with van der Waals surface area (Å²) in [7, 11) is 0. The highest BCUT2D eigenvalue weighted by Gasteiger charge is 2.16. The summed E-state index contributed by atoms with van der Waals surface area (Å²) >= 11 is 0. The smallest absolute Gasteiger partial charge is 0.408 e. The zero-order chi connectivity index (χ0) is 25.5. The highest BCUT2D eigenvalue weighted by atomic mass is 16.6. The lowest BCUT2D eigenvalue weighted by Gasteiger charge is -2.19. The van der Waals surface area contributed by atoms with Crippen molar-refractivity contribution >= 4 is 12.0 Å². The summed E-state index contributed by atoms with van der Waals surface area (Å²) in [6.07, 6.45) is 11.5. The molecule has 0 saturated heterocycles. The largest absolute Gasteiger partial charge is 0.444 e. The van der Waals surface area contributed by atoms with Gasteiger partial charge in [-0.2, -0.15) is 4.98 Å². The second-order valence-electron chi connectivity index (χ2n) is 9.89. The van der Waals surface area contributed by atoms with Crippen molar-refractivity contribution in [2.24, 2.45) is 0 Å². The van der Waals surface area contributed by atoms with E-state index >= 15 is 0 Å². The van der Waals surface area contributed by atoms with Gasteiger partial charge in [0, 0.05) is 18.5 Å². The second kappa shape index (κ2) is 15.2. The van der Waals surface area contributed by atoms with Gasteiger partial charge in [-0.25, -0.2) is 4.79 Å². The van der Waals surface area contributed by atoms with E-state index in [1.165, 1.54) is 56.9 Å². The molecule has 2 amide bonds. The van der Waals surface area contributed by atoms with Gasteiger partial charge in [-0.1, -0.05) is 81.3 Å². The van der Waals surface area contributed by atoms with Crippen molar-refractivity contribution in [2.45, 2.75) is 97.5 Å². The minimum Gasteiger partial charge on any atom is -0.444 e. The van der Waals surface area contributed by atoms with E-state index in [1.807, 2.05) is 12.1 Å². The van der Waals surface area contributed by atoms with Crippen LogP contribution in [-0.2, 0) is 22.4 Å². The molecule has 0 aliphatic rings. The molecule has 0 aliphatic heterocycles. The molecule has 194 valence electrons. The molecule has 8 nitrogen and oxygen atoms in total. The summed E-state index contributed by atoms with van der Waals surface area (Å²) in [6, 6.07) is 8.31. The van der Waals surface area contributed by atoms with E-state index in [-0.39, 0.29) is 12.5 Å². The number of alkyl carbamates (subject to hydrolysis) is 1. The first-order valence-electron chi connectivity index (χ1n) is 12.9. The Labute approximate surface area is 209 Å². The number of aryl methyl sites for hydroxylation is 1. The monoisotopic (exact) mass is 486 g/mol. The van der Waals surface area contributed by atoms with Crippen LogP contribution in [0.5, 0.6) is 0 Å². The molecule has 2 N–H and O–H groups in total. The molecule has 0 atom stereocenters. The molecule has 0 saturated carbocycles. The van der Waals surface area contributed by atoms with Gasteiger partial charge in [-0.05, 0) is 39.2 Å². The lowest BCUT2D eigenvalue weighted by Crippen LogP contribution is -2.40. The predicted molar refractivity (Wildman–Crippen MR) is 137 cm³/mol. The number of unbranched alkanes of at least 4 members (excludes halogenated alkanes) is 7. The number of carbonyl (C=O) groups is 2. The first-order chi connectivity index (χ1) is 16.8. The quantitative estimate of drug-likeness (QED) is 0.317. The van der Waals surface area contributed by atoms with Gasteiger partial charge >= 0.3 is 6.09 Å². The summed E-state index contributed by atoms with van der Waals surface area (Å²) in [5.41, 5.74) is 1.63. The fourth-order valence-electron chi connectivity index (χ4n) is 3.60. The van der Waals surface area contributed by atoms with Crippen molar-refractivity contribution in [1.29, 1.82) is 0 Å². The summed E-state index contributed by atoms with van der Waals surface area (Å²) < 4.78 is 10.4. The highest BCUT2D eigenvalue weighted by Crippen LogP contribution is 2.18. The molecule has 0 unspecified atom stereocenters. The lowest BCUT2D eigenvalue weighted by molar-refractivity contribution is -0.120. The molecule has 0 aliphatic carbocycles. The average molecular weight is 487 g/mol. The van der Waals surface area contributed by atoms with Gasteiger partial charge < -0.3 is 19.9 Å².